The molecular formula is C10H9Br2NO2. The van der Waals surface area contributed by atoms with E-state index in [9.17, 15) is 9.90 Å². The highest BCUT2D eigenvalue weighted by Gasteiger charge is 2.29. The van der Waals surface area contributed by atoms with E-state index in [-0.39, 0.29) is 12.3 Å². The average Bonchev–Trinajstić information content (AvgIpc) is 2.43. The molecule has 1 saturated heterocycles. The smallest absolute Gasteiger partial charge is 0.229 e. The fourth-order valence-corrected chi connectivity index (χ4v) is 2.90. The van der Waals surface area contributed by atoms with E-state index in [1.165, 1.54) is 0 Å². The van der Waals surface area contributed by atoms with Crippen LogP contribution in [0.5, 0.6) is 0 Å². The zero-order valence-electron chi connectivity index (χ0n) is 7.78. The summed E-state index contributed by atoms with van der Waals surface area (Å²) in [6.45, 7) is 0.377. The number of hydrogen-bond acceptors (Lipinski definition) is 2. The van der Waals surface area contributed by atoms with Gasteiger partial charge in [0.15, 0.2) is 0 Å². The van der Waals surface area contributed by atoms with E-state index in [1.807, 2.05) is 18.2 Å². The molecule has 0 bridgehead atoms. The Bertz CT molecular complexity index is 388. The van der Waals surface area contributed by atoms with Gasteiger partial charge in [0.2, 0.25) is 5.91 Å². The minimum Gasteiger partial charge on any atom is -0.391 e. The Labute approximate surface area is 104 Å². The Morgan fingerprint density at radius 3 is 2.33 bits per heavy atom. The molecule has 5 heteroatoms. The van der Waals surface area contributed by atoms with Crippen molar-refractivity contribution < 1.29 is 9.90 Å². The molecule has 0 aromatic heterocycles. The van der Waals surface area contributed by atoms with Gasteiger partial charge in [-0.05, 0) is 18.2 Å². The van der Waals surface area contributed by atoms with Gasteiger partial charge in [0, 0.05) is 14.6 Å². The number of β-amino-alcohol motifs (C(OH)–C–C–N with tert-alkyl or cyclic N) is 1. The topological polar surface area (TPSA) is 40.5 Å². The van der Waals surface area contributed by atoms with Crippen LogP contribution < -0.4 is 4.90 Å². The number of aliphatic hydroxyl groups excluding tert-OH is 1. The first kappa shape index (κ1) is 11.1. The summed E-state index contributed by atoms with van der Waals surface area (Å²) >= 11 is 6.73. The van der Waals surface area contributed by atoms with Crippen LogP contribution in [0.4, 0.5) is 5.69 Å². The second-order valence-corrected chi connectivity index (χ2v) is 5.32. The van der Waals surface area contributed by atoms with Gasteiger partial charge in [0.05, 0.1) is 19.1 Å². The molecular weight excluding hydrogens is 326 g/mol. The molecule has 1 aromatic rings. The molecule has 3 nitrogen and oxygen atoms in total. The van der Waals surface area contributed by atoms with Crippen molar-refractivity contribution in [3.8, 4) is 0 Å². The normalized spacial score (nSPS) is 21.1. The number of carbonyl (C=O) groups is 1. The molecule has 2 rings (SSSR count). The monoisotopic (exact) mass is 333 g/mol. The maximum absolute atomic E-state index is 11.5. The van der Waals surface area contributed by atoms with Gasteiger partial charge in [-0.15, -0.1) is 0 Å². The van der Waals surface area contributed by atoms with Crippen LogP contribution in [0.25, 0.3) is 0 Å². The average molecular weight is 335 g/mol. The quantitative estimate of drug-likeness (QED) is 0.856. The number of halogens is 2. The molecule has 15 heavy (non-hydrogen) atoms. The molecule has 1 amide bonds. The van der Waals surface area contributed by atoms with Gasteiger partial charge in [-0.3, -0.25) is 4.79 Å². The number of nitrogens with zero attached hydrogens (tertiary/aromatic N) is 1. The van der Waals surface area contributed by atoms with Gasteiger partial charge in [-0.25, -0.2) is 0 Å². The molecule has 1 N–H and O–H groups in total. The molecule has 1 aromatic carbocycles. The Morgan fingerprint density at radius 2 is 1.87 bits per heavy atom. The summed E-state index contributed by atoms with van der Waals surface area (Å²) < 4.78 is 1.81. The van der Waals surface area contributed by atoms with Crippen LogP contribution in [-0.2, 0) is 4.79 Å². The van der Waals surface area contributed by atoms with Crippen molar-refractivity contribution in [1.82, 2.24) is 0 Å². The van der Waals surface area contributed by atoms with Gasteiger partial charge in [-0.2, -0.15) is 0 Å². The van der Waals surface area contributed by atoms with Gasteiger partial charge in [-0.1, -0.05) is 31.9 Å². The SMILES string of the molecule is O=C1CC(O)CN1c1cc(Br)cc(Br)c1. The van der Waals surface area contributed by atoms with Crippen LogP contribution in [0.1, 0.15) is 6.42 Å². The van der Waals surface area contributed by atoms with Crippen molar-refractivity contribution in [1.29, 1.82) is 0 Å². The Hall–Kier alpha value is -0.390. The second-order valence-electron chi connectivity index (χ2n) is 3.49. The lowest BCUT2D eigenvalue weighted by Crippen LogP contribution is -2.25. The van der Waals surface area contributed by atoms with Gasteiger partial charge < -0.3 is 10.0 Å². The van der Waals surface area contributed by atoms with E-state index in [1.54, 1.807) is 4.90 Å². The first-order valence-electron chi connectivity index (χ1n) is 4.51. The number of benzene rings is 1. The lowest BCUT2D eigenvalue weighted by molar-refractivity contribution is -0.117. The molecule has 0 saturated carbocycles. The third kappa shape index (κ3) is 2.41. The minimum atomic E-state index is -0.546. The van der Waals surface area contributed by atoms with E-state index in [2.05, 4.69) is 31.9 Å². The second kappa shape index (κ2) is 4.23. The van der Waals surface area contributed by atoms with Gasteiger partial charge in [0.25, 0.3) is 0 Å². The summed E-state index contributed by atoms with van der Waals surface area (Å²) in [5, 5.41) is 9.38. The molecule has 1 heterocycles. The van der Waals surface area contributed by atoms with Crippen LogP contribution in [0.2, 0.25) is 0 Å². The molecule has 0 spiro atoms. The molecule has 1 unspecified atom stereocenters. The highest BCUT2D eigenvalue weighted by Crippen LogP contribution is 2.28. The predicted molar refractivity (Wildman–Crippen MR) is 64.8 cm³/mol. The lowest BCUT2D eigenvalue weighted by atomic mass is 10.3. The predicted octanol–water partition coefficient (Wildman–Crippen LogP) is 2.31. The lowest BCUT2D eigenvalue weighted by Gasteiger charge is -2.16. The van der Waals surface area contributed by atoms with Crippen LogP contribution in [0.3, 0.4) is 0 Å². The number of amides is 1. The molecule has 1 aliphatic rings. The maximum atomic E-state index is 11.5. The van der Waals surface area contributed by atoms with Crippen molar-refractivity contribution in [2.75, 3.05) is 11.4 Å². The van der Waals surface area contributed by atoms with Gasteiger partial charge >= 0.3 is 0 Å². The van der Waals surface area contributed by atoms with Crippen molar-refractivity contribution >= 4 is 43.5 Å². The first-order chi connectivity index (χ1) is 7.06. The van der Waals surface area contributed by atoms with E-state index < -0.39 is 6.10 Å². The Kier molecular flexibility index (Phi) is 3.13. The van der Waals surface area contributed by atoms with E-state index in [0.29, 0.717) is 6.54 Å². The number of carbonyl (C=O) groups excluding carboxylic acids is 1. The zero-order chi connectivity index (χ0) is 11.0. The zero-order valence-corrected chi connectivity index (χ0v) is 11.0. The molecule has 0 radical (unpaired) electrons. The molecule has 0 aliphatic carbocycles. The number of anilines is 1. The van der Waals surface area contributed by atoms with Crippen LogP contribution >= 0.6 is 31.9 Å². The number of hydrogen-bond donors (Lipinski definition) is 1. The van der Waals surface area contributed by atoms with Crippen LogP contribution in [0, 0.1) is 0 Å². The van der Waals surface area contributed by atoms with Crippen molar-refractivity contribution in [3.63, 3.8) is 0 Å². The van der Waals surface area contributed by atoms with Crippen LogP contribution in [0.15, 0.2) is 27.1 Å². The first-order valence-corrected chi connectivity index (χ1v) is 6.09. The van der Waals surface area contributed by atoms with E-state index >= 15 is 0 Å². The van der Waals surface area contributed by atoms with Crippen molar-refractivity contribution in [3.05, 3.63) is 27.1 Å². The largest absolute Gasteiger partial charge is 0.391 e. The summed E-state index contributed by atoms with van der Waals surface area (Å²) in [4.78, 5) is 13.1. The molecule has 1 fully saturated rings. The Balaban J connectivity index is 2.33. The highest BCUT2D eigenvalue weighted by molar-refractivity contribution is 9.11. The van der Waals surface area contributed by atoms with E-state index in [4.69, 9.17) is 0 Å². The molecule has 1 atom stereocenters. The fraction of sp³-hybridized carbons (Fsp3) is 0.300. The summed E-state index contributed by atoms with van der Waals surface area (Å²) in [6.07, 6.45) is -0.334. The highest BCUT2D eigenvalue weighted by atomic mass is 79.9. The standard InChI is InChI=1S/C10H9Br2NO2/c11-6-1-7(12)3-8(2-6)13-5-9(14)4-10(13)15/h1-3,9,14H,4-5H2. The summed E-state index contributed by atoms with van der Waals surface area (Å²) in [6, 6.07) is 5.63. The molecule has 1 aliphatic heterocycles. The van der Waals surface area contributed by atoms with Crippen molar-refractivity contribution in [2.24, 2.45) is 0 Å². The number of rotatable bonds is 1. The van der Waals surface area contributed by atoms with Crippen LogP contribution in [-0.4, -0.2) is 23.7 Å². The summed E-state index contributed by atoms with van der Waals surface area (Å²) in [5.41, 5.74) is 0.804. The minimum absolute atomic E-state index is 0.0347. The third-order valence-electron chi connectivity index (χ3n) is 2.26. The maximum Gasteiger partial charge on any atom is 0.229 e. The van der Waals surface area contributed by atoms with Crippen molar-refractivity contribution in [2.45, 2.75) is 12.5 Å². The third-order valence-corrected chi connectivity index (χ3v) is 3.18. The Morgan fingerprint density at radius 1 is 1.27 bits per heavy atom. The summed E-state index contributed by atoms with van der Waals surface area (Å²) in [5.74, 6) is -0.0347. The van der Waals surface area contributed by atoms with E-state index in [0.717, 1.165) is 14.6 Å². The molecule has 80 valence electrons. The van der Waals surface area contributed by atoms with Gasteiger partial charge in [0.1, 0.15) is 0 Å². The fourth-order valence-electron chi connectivity index (χ4n) is 1.63. The number of aliphatic hydroxyl groups is 1. The summed E-state index contributed by atoms with van der Waals surface area (Å²) in [7, 11) is 0.